The van der Waals surface area contributed by atoms with Gasteiger partial charge in [-0.05, 0) is 59.7 Å². The lowest BCUT2D eigenvalue weighted by Crippen LogP contribution is -2.47. The minimum atomic E-state index is -1.43. The lowest BCUT2D eigenvalue weighted by atomic mass is 9.95. The second-order valence-corrected chi connectivity index (χ2v) is 8.61. The summed E-state index contributed by atoms with van der Waals surface area (Å²) in [4.78, 5) is 12.3. The first-order valence-corrected chi connectivity index (χ1v) is 10.0. The minimum Gasteiger partial charge on any atom is -0.611 e. The summed E-state index contributed by atoms with van der Waals surface area (Å²) in [6.45, 7) is 0.865. The standard InChI is InChI=1S/C19H20ClNO5S/c20-14-1-3-15(4-2-14)26-16-5-7-17(8-6-16)27(24)19(13-18(22)21-23)9-11-25-12-10-19/h1-8,23H,9-13H2,(H,21,22). The summed E-state index contributed by atoms with van der Waals surface area (Å²) < 4.78 is 23.6. The topological polar surface area (TPSA) is 90.9 Å². The van der Waals surface area contributed by atoms with Crippen molar-refractivity contribution in [1.29, 1.82) is 0 Å². The molecule has 144 valence electrons. The molecule has 0 aromatic heterocycles. The molecule has 2 aromatic carbocycles. The van der Waals surface area contributed by atoms with Gasteiger partial charge in [-0.2, -0.15) is 0 Å². The number of hydroxylamine groups is 1. The van der Waals surface area contributed by atoms with Gasteiger partial charge < -0.3 is 14.0 Å². The zero-order chi connectivity index (χ0) is 19.3. The van der Waals surface area contributed by atoms with Gasteiger partial charge in [0, 0.05) is 17.9 Å². The molecular weight excluding hydrogens is 390 g/mol. The third-order valence-electron chi connectivity index (χ3n) is 4.49. The smallest absolute Gasteiger partial charge is 0.248 e. The molecule has 27 heavy (non-hydrogen) atoms. The Morgan fingerprint density at radius 3 is 2.26 bits per heavy atom. The van der Waals surface area contributed by atoms with Crippen molar-refractivity contribution in [3.8, 4) is 11.5 Å². The van der Waals surface area contributed by atoms with E-state index in [1.54, 1.807) is 54.0 Å². The van der Waals surface area contributed by atoms with Crippen LogP contribution in [0.3, 0.4) is 0 Å². The third-order valence-corrected chi connectivity index (χ3v) is 6.78. The van der Waals surface area contributed by atoms with E-state index in [2.05, 4.69) is 0 Å². The molecule has 0 saturated carbocycles. The highest BCUT2D eigenvalue weighted by atomic mass is 35.5. The number of rotatable bonds is 6. The van der Waals surface area contributed by atoms with Gasteiger partial charge in [0.1, 0.15) is 16.2 Å². The van der Waals surface area contributed by atoms with Gasteiger partial charge in [-0.1, -0.05) is 11.6 Å². The number of nitrogens with one attached hydrogen (secondary N) is 1. The van der Waals surface area contributed by atoms with Crippen molar-refractivity contribution in [2.75, 3.05) is 13.2 Å². The molecule has 2 aromatic rings. The maximum Gasteiger partial charge on any atom is 0.248 e. The Morgan fingerprint density at radius 2 is 1.70 bits per heavy atom. The van der Waals surface area contributed by atoms with Crippen LogP contribution in [0.2, 0.25) is 5.02 Å². The van der Waals surface area contributed by atoms with Gasteiger partial charge >= 0.3 is 0 Å². The molecule has 6 nitrogen and oxygen atoms in total. The van der Waals surface area contributed by atoms with Gasteiger partial charge in [0.2, 0.25) is 5.91 Å². The molecule has 1 amide bonds. The number of hydrogen-bond acceptors (Lipinski definition) is 5. The molecule has 3 rings (SSSR count). The Bertz CT molecular complexity index is 763. The van der Waals surface area contributed by atoms with Crippen LogP contribution in [0.5, 0.6) is 11.5 Å². The molecule has 0 aliphatic carbocycles. The summed E-state index contributed by atoms with van der Waals surface area (Å²) in [5, 5.41) is 9.50. The lowest BCUT2D eigenvalue weighted by Gasteiger charge is -2.37. The largest absolute Gasteiger partial charge is 0.611 e. The van der Waals surface area contributed by atoms with Crippen molar-refractivity contribution in [2.24, 2.45) is 0 Å². The molecule has 8 heteroatoms. The van der Waals surface area contributed by atoms with Crippen LogP contribution < -0.4 is 10.2 Å². The van der Waals surface area contributed by atoms with Crippen molar-refractivity contribution >= 4 is 28.7 Å². The number of hydrogen-bond donors (Lipinski definition) is 2. The van der Waals surface area contributed by atoms with E-state index in [9.17, 15) is 9.35 Å². The van der Waals surface area contributed by atoms with Crippen LogP contribution in [-0.4, -0.2) is 33.6 Å². The number of carbonyl (C=O) groups excluding carboxylic acids is 1. The maximum absolute atomic E-state index is 13.2. The molecule has 0 radical (unpaired) electrons. The molecule has 1 fully saturated rings. The van der Waals surface area contributed by atoms with E-state index >= 15 is 0 Å². The van der Waals surface area contributed by atoms with E-state index in [0.29, 0.717) is 47.5 Å². The van der Waals surface area contributed by atoms with Crippen molar-refractivity contribution in [3.05, 3.63) is 53.6 Å². The summed E-state index contributed by atoms with van der Waals surface area (Å²) in [6, 6.07) is 13.9. The number of amides is 1. The highest BCUT2D eigenvalue weighted by Gasteiger charge is 2.46. The van der Waals surface area contributed by atoms with Gasteiger partial charge in [-0.3, -0.25) is 10.0 Å². The highest BCUT2D eigenvalue weighted by molar-refractivity contribution is 7.92. The van der Waals surface area contributed by atoms with Crippen LogP contribution in [0.15, 0.2) is 53.4 Å². The van der Waals surface area contributed by atoms with Crippen molar-refractivity contribution in [3.63, 3.8) is 0 Å². The van der Waals surface area contributed by atoms with Crippen molar-refractivity contribution < 1.29 is 24.0 Å². The Hall–Kier alpha value is -1.77. The molecule has 1 aliphatic heterocycles. The van der Waals surface area contributed by atoms with E-state index in [1.807, 2.05) is 0 Å². The normalized spacial score (nSPS) is 17.1. The third kappa shape index (κ3) is 4.94. The van der Waals surface area contributed by atoms with E-state index in [-0.39, 0.29) is 6.42 Å². The molecule has 0 bridgehead atoms. The first kappa shape index (κ1) is 20.0. The SMILES string of the molecule is O=C(CC1([S+]([O-])c2ccc(Oc3ccc(Cl)cc3)cc2)CCOCC1)NO. The molecule has 1 saturated heterocycles. The quantitative estimate of drug-likeness (QED) is 0.431. The Labute approximate surface area is 165 Å². The predicted octanol–water partition coefficient (Wildman–Crippen LogP) is 3.68. The van der Waals surface area contributed by atoms with Crippen molar-refractivity contribution in [1.82, 2.24) is 5.48 Å². The van der Waals surface area contributed by atoms with Gasteiger partial charge in [0.25, 0.3) is 0 Å². The zero-order valence-electron chi connectivity index (χ0n) is 14.5. The molecule has 0 spiro atoms. The second kappa shape index (κ2) is 8.95. The fourth-order valence-electron chi connectivity index (χ4n) is 3.02. The van der Waals surface area contributed by atoms with E-state index < -0.39 is 21.8 Å². The Morgan fingerprint density at radius 1 is 1.15 bits per heavy atom. The molecule has 2 N–H and O–H groups in total. The molecule has 1 heterocycles. The number of carbonyl (C=O) groups is 1. The average Bonchev–Trinajstić information content (AvgIpc) is 2.70. The summed E-state index contributed by atoms with van der Waals surface area (Å²) in [5.74, 6) is 0.703. The van der Waals surface area contributed by atoms with Gasteiger partial charge in [0.15, 0.2) is 4.90 Å². The van der Waals surface area contributed by atoms with Gasteiger partial charge in [0.05, 0.1) is 19.6 Å². The van der Waals surface area contributed by atoms with Crippen molar-refractivity contribution in [2.45, 2.75) is 28.9 Å². The van der Waals surface area contributed by atoms with E-state index in [1.165, 1.54) is 0 Å². The molecular formula is C19H20ClNO5S. The second-order valence-electron chi connectivity index (χ2n) is 6.30. The van der Waals surface area contributed by atoms with Crippen LogP contribution >= 0.6 is 11.6 Å². The minimum absolute atomic E-state index is 0.0253. The molecule has 1 atom stereocenters. The Kier molecular flexibility index (Phi) is 6.62. The Balaban J connectivity index is 1.75. The van der Waals surface area contributed by atoms with Gasteiger partial charge in [-0.15, -0.1) is 0 Å². The average molecular weight is 410 g/mol. The predicted molar refractivity (Wildman–Crippen MR) is 102 cm³/mol. The number of halogens is 1. The van der Waals surface area contributed by atoms with E-state index in [0.717, 1.165) is 0 Å². The number of benzene rings is 2. The number of ether oxygens (including phenoxy) is 2. The van der Waals surface area contributed by atoms with E-state index in [4.69, 9.17) is 26.3 Å². The summed E-state index contributed by atoms with van der Waals surface area (Å²) in [6.07, 6.45) is 0.939. The lowest BCUT2D eigenvalue weighted by molar-refractivity contribution is -0.130. The summed E-state index contributed by atoms with van der Waals surface area (Å²) >= 11 is 4.43. The first-order valence-electron chi connectivity index (χ1n) is 8.48. The highest BCUT2D eigenvalue weighted by Crippen LogP contribution is 2.38. The van der Waals surface area contributed by atoms with Gasteiger partial charge in [-0.25, -0.2) is 5.48 Å². The van der Waals surface area contributed by atoms with Crippen LogP contribution in [0.25, 0.3) is 0 Å². The van der Waals surface area contributed by atoms with Crippen LogP contribution in [0, 0.1) is 0 Å². The fraction of sp³-hybridized carbons (Fsp3) is 0.316. The van der Waals surface area contributed by atoms with Crippen LogP contribution in [0.1, 0.15) is 19.3 Å². The summed E-state index contributed by atoms with van der Waals surface area (Å²) in [5.41, 5.74) is 1.64. The van der Waals surface area contributed by atoms with Crippen LogP contribution in [-0.2, 0) is 20.7 Å². The summed E-state index contributed by atoms with van der Waals surface area (Å²) in [7, 11) is 0. The monoisotopic (exact) mass is 409 g/mol. The first-order chi connectivity index (χ1) is 13.0. The fourth-order valence-corrected chi connectivity index (χ4v) is 4.83. The van der Waals surface area contributed by atoms with Crippen LogP contribution in [0.4, 0.5) is 0 Å². The molecule has 1 unspecified atom stereocenters. The maximum atomic E-state index is 13.2. The molecule has 1 aliphatic rings. The zero-order valence-corrected chi connectivity index (χ0v) is 16.1.